The van der Waals surface area contributed by atoms with Crippen LogP contribution in [-0.2, 0) is 13.0 Å². The third-order valence-corrected chi connectivity index (χ3v) is 6.37. The Kier molecular flexibility index (Phi) is 8.27. The number of benzene rings is 4. The number of hydrogen-bond donors (Lipinski definition) is 1. The van der Waals surface area contributed by atoms with E-state index in [4.69, 9.17) is 14.5 Å². The van der Waals surface area contributed by atoms with E-state index in [2.05, 4.69) is 17.1 Å². The third-order valence-electron chi connectivity index (χ3n) is 6.37. The van der Waals surface area contributed by atoms with Gasteiger partial charge in [-0.3, -0.25) is 4.79 Å². The second kappa shape index (κ2) is 12.5. The van der Waals surface area contributed by atoms with Crippen LogP contribution in [0.3, 0.4) is 0 Å². The van der Waals surface area contributed by atoms with Gasteiger partial charge in [0.05, 0.1) is 30.1 Å². The molecule has 0 fully saturated rings. The van der Waals surface area contributed by atoms with Crippen molar-refractivity contribution in [3.05, 3.63) is 138 Å². The van der Waals surface area contributed by atoms with Gasteiger partial charge in [0.1, 0.15) is 6.61 Å². The van der Waals surface area contributed by atoms with Gasteiger partial charge in [-0.05, 0) is 41.8 Å². The molecule has 0 radical (unpaired) electrons. The zero-order chi connectivity index (χ0) is 27.7. The van der Waals surface area contributed by atoms with Crippen LogP contribution in [0.25, 0.3) is 22.2 Å². The number of hydrogen-bond acceptors (Lipinski definition) is 5. The Labute approximate surface area is 233 Å². The largest absolute Gasteiger partial charge is 0.493 e. The number of para-hydroxylation sites is 1. The van der Waals surface area contributed by atoms with Gasteiger partial charge in [-0.15, -0.1) is 6.58 Å². The van der Waals surface area contributed by atoms with Gasteiger partial charge in [0.25, 0.3) is 5.91 Å². The number of ether oxygens (including phenoxy) is 2. The topological polar surface area (TPSA) is 72.8 Å². The third kappa shape index (κ3) is 6.08. The van der Waals surface area contributed by atoms with E-state index in [0.29, 0.717) is 30.1 Å². The predicted octanol–water partition coefficient (Wildman–Crippen LogP) is 6.98. The van der Waals surface area contributed by atoms with Crippen LogP contribution >= 0.6 is 0 Å². The van der Waals surface area contributed by atoms with E-state index in [0.717, 1.165) is 38.9 Å². The first-order valence-corrected chi connectivity index (χ1v) is 12.9. The number of fused-ring (bicyclic) bond motifs is 1. The van der Waals surface area contributed by atoms with Gasteiger partial charge in [0, 0.05) is 16.5 Å². The van der Waals surface area contributed by atoms with E-state index in [1.54, 1.807) is 19.4 Å². The first-order chi connectivity index (χ1) is 19.7. The van der Waals surface area contributed by atoms with Gasteiger partial charge < -0.3 is 9.47 Å². The van der Waals surface area contributed by atoms with Crippen molar-refractivity contribution in [2.24, 2.45) is 5.10 Å². The molecular weight excluding hydrogens is 498 g/mol. The van der Waals surface area contributed by atoms with Crippen LogP contribution in [0.5, 0.6) is 11.5 Å². The van der Waals surface area contributed by atoms with E-state index >= 15 is 0 Å². The maximum atomic E-state index is 13.3. The van der Waals surface area contributed by atoms with Crippen molar-refractivity contribution in [2.75, 3.05) is 7.11 Å². The number of pyridine rings is 1. The van der Waals surface area contributed by atoms with Crippen molar-refractivity contribution in [3.8, 4) is 22.8 Å². The molecule has 6 heteroatoms. The number of nitrogens with one attached hydrogen (secondary N) is 1. The number of nitrogens with zero attached hydrogens (tertiary/aromatic N) is 2. The highest BCUT2D eigenvalue weighted by molar-refractivity contribution is 6.07. The summed E-state index contributed by atoms with van der Waals surface area (Å²) in [5.41, 5.74) is 8.29. The molecule has 1 N–H and O–H groups in total. The minimum Gasteiger partial charge on any atom is -0.493 e. The number of amides is 1. The number of allylic oxidation sites excluding steroid dienone is 1. The second-order valence-electron chi connectivity index (χ2n) is 9.12. The van der Waals surface area contributed by atoms with Crippen molar-refractivity contribution in [1.82, 2.24) is 10.4 Å². The standard InChI is InChI=1S/C34H29N3O3/c1-3-12-27-19-25(20-32(39-2)33(27)40-23-24-13-6-4-7-14-24)22-35-37-34(38)29-21-31(26-15-8-5-9-16-26)36-30-18-11-10-17-28(29)30/h3-11,13-22H,1,12,23H2,2H3,(H,37,38)/b35-22+. The van der Waals surface area contributed by atoms with Gasteiger partial charge >= 0.3 is 0 Å². The van der Waals surface area contributed by atoms with Crippen LogP contribution in [0.2, 0.25) is 0 Å². The summed E-state index contributed by atoms with van der Waals surface area (Å²) in [7, 11) is 1.60. The lowest BCUT2D eigenvalue weighted by molar-refractivity contribution is 0.0956. The van der Waals surface area contributed by atoms with Crippen molar-refractivity contribution in [3.63, 3.8) is 0 Å². The number of carbonyl (C=O) groups excluding carboxylic acids is 1. The molecule has 6 nitrogen and oxygen atoms in total. The molecular formula is C34H29N3O3. The summed E-state index contributed by atoms with van der Waals surface area (Å²) in [5, 5.41) is 5.01. The highest BCUT2D eigenvalue weighted by Gasteiger charge is 2.15. The summed E-state index contributed by atoms with van der Waals surface area (Å²) in [5.74, 6) is 0.910. The van der Waals surface area contributed by atoms with E-state index < -0.39 is 0 Å². The van der Waals surface area contributed by atoms with E-state index in [1.165, 1.54) is 0 Å². The predicted molar refractivity (Wildman–Crippen MR) is 160 cm³/mol. The number of carbonyl (C=O) groups is 1. The van der Waals surface area contributed by atoms with Crippen LogP contribution in [0.15, 0.2) is 121 Å². The molecule has 4 aromatic carbocycles. The first-order valence-electron chi connectivity index (χ1n) is 12.9. The Balaban J connectivity index is 1.39. The zero-order valence-corrected chi connectivity index (χ0v) is 22.2. The monoisotopic (exact) mass is 527 g/mol. The fraction of sp³-hybridized carbons (Fsp3) is 0.0882. The molecule has 0 atom stereocenters. The summed E-state index contributed by atoms with van der Waals surface area (Å²) >= 11 is 0. The maximum Gasteiger partial charge on any atom is 0.272 e. The van der Waals surface area contributed by atoms with Gasteiger partial charge in [0.2, 0.25) is 0 Å². The molecule has 40 heavy (non-hydrogen) atoms. The van der Waals surface area contributed by atoms with Crippen LogP contribution in [0, 0.1) is 0 Å². The van der Waals surface area contributed by atoms with Crippen LogP contribution in [0.4, 0.5) is 0 Å². The summed E-state index contributed by atoms with van der Waals surface area (Å²) in [6.07, 6.45) is 3.99. The molecule has 0 aliphatic rings. The second-order valence-corrected chi connectivity index (χ2v) is 9.12. The van der Waals surface area contributed by atoms with Crippen molar-refractivity contribution < 1.29 is 14.3 Å². The lowest BCUT2D eigenvalue weighted by atomic mass is 10.0. The Bertz CT molecular complexity index is 1670. The van der Waals surface area contributed by atoms with E-state index in [1.807, 2.05) is 103 Å². The van der Waals surface area contributed by atoms with Crippen LogP contribution in [-0.4, -0.2) is 24.2 Å². The van der Waals surface area contributed by atoms with Gasteiger partial charge in [0.15, 0.2) is 11.5 Å². The Morgan fingerprint density at radius 3 is 2.42 bits per heavy atom. The summed E-state index contributed by atoms with van der Waals surface area (Å²) in [6.45, 7) is 4.29. The normalized spacial score (nSPS) is 10.9. The summed E-state index contributed by atoms with van der Waals surface area (Å²) in [4.78, 5) is 18.0. The molecule has 1 heterocycles. The van der Waals surface area contributed by atoms with E-state index in [-0.39, 0.29) is 5.91 Å². The zero-order valence-electron chi connectivity index (χ0n) is 22.2. The van der Waals surface area contributed by atoms with Crippen molar-refractivity contribution >= 4 is 23.0 Å². The Morgan fingerprint density at radius 2 is 1.68 bits per heavy atom. The average Bonchev–Trinajstić information content (AvgIpc) is 3.00. The number of hydrazone groups is 1. The molecule has 0 spiro atoms. The molecule has 0 saturated carbocycles. The quantitative estimate of drug-likeness (QED) is 0.121. The van der Waals surface area contributed by atoms with Crippen molar-refractivity contribution in [1.29, 1.82) is 0 Å². The summed E-state index contributed by atoms with van der Waals surface area (Å²) < 4.78 is 11.8. The molecule has 0 aliphatic heterocycles. The highest BCUT2D eigenvalue weighted by atomic mass is 16.5. The molecule has 0 saturated heterocycles. The molecule has 1 amide bonds. The van der Waals surface area contributed by atoms with Crippen molar-refractivity contribution in [2.45, 2.75) is 13.0 Å². The fourth-order valence-electron chi connectivity index (χ4n) is 4.46. The first kappa shape index (κ1) is 26.4. The molecule has 0 unspecified atom stereocenters. The number of methoxy groups -OCH3 is 1. The number of aromatic nitrogens is 1. The summed E-state index contributed by atoms with van der Waals surface area (Å²) in [6, 6.07) is 32.9. The molecule has 5 aromatic rings. The molecule has 1 aromatic heterocycles. The highest BCUT2D eigenvalue weighted by Crippen LogP contribution is 2.34. The minimum atomic E-state index is -0.326. The minimum absolute atomic E-state index is 0.326. The van der Waals surface area contributed by atoms with Gasteiger partial charge in [-0.25, -0.2) is 10.4 Å². The lowest BCUT2D eigenvalue weighted by Gasteiger charge is -2.16. The van der Waals surface area contributed by atoms with Gasteiger partial charge in [-0.1, -0.05) is 84.9 Å². The molecule has 0 bridgehead atoms. The average molecular weight is 528 g/mol. The smallest absolute Gasteiger partial charge is 0.272 e. The Morgan fingerprint density at radius 1 is 0.950 bits per heavy atom. The lowest BCUT2D eigenvalue weighted by Crippen LogP contribution is -2.18. The fourth-order valence-corrected chi connectivity index (χ4v) is 4.46. The molecule has 198 valence electrons. The SMILES string of the molecule is C=CCc1cc(/C=N/NC(=O)c2cc(-c3ccccc3)nc3ccccc23)cc(OC)c1OCc1ccccc1. The van der Waals surface area contributed by atoms with Crippen LogP contribution in [0.1, 0.15) is 27.0 Å². The number of rotatable bonds is 10. The van der Waals surface area contributed by atoms with Gasteiger partial charge in [-0.2, -0.15) is 5.10 Å². The molecule has 5 rings (SSSR count). The Hall–Kier alpha value is -5.23. The maximum absolute atomic E-state index is 13.3. The van der Waals surface area contributed by atoms with E-state index in [9.17, 15) is 4.79 Å². The van der Waals surface area contributed by atoms with Crippen LogP contribution < -0.4 is 14.9 Å². The molecule has 0 aliphatic carbocycles.